The lowest BCUT2D eigenvalue weighted by Gasteiger charge is -2.06. The van der Waals surface area contributed by atoms with Crippen molar-refractivity contribution >= 4 is 45.2 Å². The zero-order valence-electron chi connectivity index (χ0n) is 17.9. The highest BCUT2D eigenvalue weighted by Crippen LogP contribution is 2.36. The number of nitrogens with zero attached hydrogens (tertiary/aromatic N) is 2. The average Bonchev–Trinajstić information content (AvgIpc) is 3.19. The fourth-order valence-electron chi connectivity index (χ4n) is 3.03. The van der Waals surface area contributed by atoms with E-state index in [0.29, 0.717) is 21.4 Å². The van der Waals surface area contributed by atoms with Gasteiger partial charge in [0.05, 0.1) is 11.2 Å². The number of nitrogens with one attached hydrogen (secondary N) is 2. The van der Waals surface area contributed by atoms with E-state index in [4.69, 9.17) is 11.6 Å². The summed E-state index contributed by atoms with van der Waals surface area (Å²) < 4.78 is 14.0. The minimum absolute atomic E-state index is 0.176. The number of benzene rings is 3. The van der Waals surface area contributed by atoms with Gasteiger partial charge in [0, 0.05) is 16.7 Å². The Hall–Kier alpha value is -3.55. The van der Waals surface area contributed by atoms with Crippen LogP contribution in [0.25, 0.3) is 11.3 Å². The molecule has 1 heterocycles. The number of aryl methyl sites for hydroxylation is 2. The van der Waals surface area contributed by atoms with E-state index in [1.165, 1.54) is 29.7 Å². The van der Waals surface area contributed by atoms with E-state index in [0.717, 1.165) is 16.7 Å². The van der Waals surface area contributed by atoms with Gasteiger partial charge in [-0.2, -0.15) is 5.10 Å². The second-order valence-corrected chi connectivity index (χ2v) is 8.79. The second kappa shape index (κ2) is 9.94. The van der Waals surface area contributed by atoms with Crippen LogP contribution in [0.15, 0.2) is 71.8 Å². The molecule has 0 fully saturated rings. The number of thiazole rings is 1. The van der Waals surface area contributed by atoms with Gasteiger partial charge in [0.1, 0.15) is 16.5 Å². The van der Waals surface area contributed by atoms with Gasteiger partial charge in [0.2, 0.25) is 5.13 Å². The quantitative estimate of drug-likeness (QED) is 0.233. The van der Waals surface area contributed by atoms with Crippen LogP contribution in [-0.4, -0.2) is 17.1 Å². The van der Waals surface area contributed by atoms with Crippen LogP contribution in [0.5, 0.6) is 0 Å². The molecular weight excluding hydrogens is 459 g/mol. The smallest absolute Gasteiger partial charge is 0.256 e. The maximum absolute atomic E-state index is 14.0. The van der Waals surface area contributed by atoms with Crippen molar-refractivity contribution in [1.29, 1.82) is 0 Å². The molecule has 0 saturated carbocycles. The van der Waals surface area contributed by atoms with E-state index >= 15 is 0 Å². The molecule has 4 rings (SSSR count). The molecule has 3 aromatic carbocycles. The van der Waals surface area contributed by atoms with Crippen LogP contribution in [-0.2, 0) is 0 Å². The van der Waals surface area contributed by atoms with Crippen molar-refractivity contribution in [3.63, 3.8) is 0 Å². The number of rotatable bonds is 6. The first-order valence-corrected chi connectivity index (χ1v) is 11.3. The van der Waals surface area contributed by atoms with E-state index < -0.39 is 5.82 Å². The summed E-state index contributed by atoms with van der Waals surface area (Å²) in [6.45, 7) is 3.97. The third kappa shape index (κ3) is 5.45. The maximum Gasteiger partial charge on any atom is 0.256 e. The fourth-order valence-corrected chi connectivity index (χ4v) is 4.07. The SMILES string of the molecule is Cc1ccc(C(=O)Nc2sc(N/N=C/c3c(F)cccc3Cl)nc2-c2ccc(C)cc2)cc1. The summed E-state index contributed by atoms with van der Waals surface area (Å²) in [7, 11) is 0. The number of carbonyl (C=O) groups excluding carboxylic acids is 1. The predicted octanol–water partition coefficient (Wildman–Crippen LogP) is 6.92. The number of hydrazone groups is 1. The number of amides is 1. The largest absolute Gasteiger partial charge is 0.312 e. The molecule has 0 aliphatic heterocycles. The lowest BCUT2D eigenvalue weighted by molar-refractivity contribution is 0.102. The molecule has 33 heavy (non-hydrogen) atoms. The second-order valence-electron chi connectivity index (χ2n) is 7.39. The van der Waals surface area contributed by atoms with Crippen LogP contribution in [0.3, 0.4) is 0 Å². The summed E-state index contributed by atoms with van der Waals surface area (Å²) >= 11 is 7.27. The Morgan fingerprint density at radius 1 is 1.03 bits per heavy atom. The molecule has 5 nitrogen and oxygen atoms in total. The highest BCUT2D eigenvalue weighted by Gasteiger charge is 2.16. The van der Waals surface area contributed by atoms with E-state index in [-0.39, 0.29) is 16.5 Å². The highest BCUT2D eigenvalue weighted by molar-refractivity contribution is 7.20. The van der Waals surface area contributed by atoms with Crippen molar-refractivity contribution in [3.05, 3.63) is 99.8 Å². The van der Waals surface area contributed by atoms with Gasteiger partial charge in [-0.1, -0.05) is 76.5 Å². The summed E-state index contributed by atoms with van der Waals surface area (Å²) in [5.41, 5.74) is 7.19. The zero-order valence-corrected chi connectivity index (χ0v) is 19.5. The highest BCUT2D eigenvalue weighted by atomic mass is 35.5. The standard InChI is InChI=1S/C25H20ClFN4OS/c1-15-6-10-17(11-7-15)22-24(30-23(32)18-12-8-16(2)9-13-18)33-25(29-22)31-28-14-19-20(26)4-3-5-21(19)27/h3-14H,1-2H3,(H,29,31)(H,30,32)/b28-14+. The first kappa shape index (κ1) is 22.6. The van der Waals surface area contributed by atoms with Gasteiger partial charge < -0.3 is 5.32 Å². The monoisotopic (exact) mass is 478 g/mol. The Kier molecular flexibility index (Phi) is 6.82. The molecule has 0 atom stereocenters. The van der Waals surface area contributed by atoms with Crippen LogP contribution in [0.1, 0.15) is 27.0 Å². The van der Waals surface area contributed by atoms with Gasteiger partial charge in [-0.05, 0) is 38.1 Å². The summed E-state index contributed by atoms with van der Waals surface area (Å²) in [5, 5.41) is 8.30. The van der Waals surface area contributed by atoms with Crippen LogP contribution in [0.4, 0.5) is 14.5 Å². The Labute approximate surface area is 200 Å². The summed E-state index contributed by atoms with van der Waals surface area (Å²) in [6, 6.07) is 19.6. The van der Waals surface area contributed by atoms with Gasteiger partial charge in [-0.15, -0.1) is 0 Å². The van der Waals surface area contributed by atoms with Crippen molar-refractivity contribution in [1.82, 2.24) is 4.98 Å². The van der Waals surface area contributed by atoms with Crippen molar-refractivity contribution in [2.75, 3.05) is 10.7 Å². The van der Waals surface area contributed by atoms with Gasteiger partial charge in [-0.3, -0.25) is 10.2 Å². The maximum atomic E-state index is 14.0. The van der Waals surface area contributed by atoms with E-state index in [1.807, 2.05) is 50.2 Å². The molecule has 0 unspecified atom stereocenters. The normalized spacial score (nSPS) is 11.0. The molecule has 0 bridgehead atoms. The molecule has 1 amide bonds. The van der Waals surface area contributed by atoms with Crippen LogP contribution >= 0.6 is 22.9 Å². The minimum atomic E-state index is -0.474. The Balaban J connectivity index is 1.62. The number of hydrogen-bond acceptors (Lipinski definition) is 5. The Morgan fingerprint density at radius 2 is 1.70 bits per heavy atom. The molecule has 4 aromatic rings. The van der Waals surface area contributed by atoms with Crippen LogP contribution in [0.2, 0.25) is 5.02 Å². The third-order valence-corrected chi connectivity index (χ3v) is 6.05. The number of hydrogen-bond donors (Lipinski definition) is 2. The number of anilines is 2. The lowest BCUT2D eigenvalue weighted by atomic mass is 10.1. The van der Waals surface area contributed by atoms with Gasteiger partial charge in [0.15, 0.2) is 0 Å². The van der Waals surface area contributed by atoms with Crippen molar-refractivity contribution in [3.8, 4) is 11.3 Å². The van der Waals surface area contributed by atoms with Gasteiger partial charge >= 0.3 is 0 Å². The molecule has 2 N–H and O–H groups in total. The number of carbonyl (C=O) groups is 1. The summed E-state index contributed by atoms with van der Waals surface area (Å²) in [6.07, 6.45) is 1.30. The lowest BCUT2D eigenvalue weighted by Crippen LogP contribution is -2.11. The molecule has 0 aliphatic carbocycles. The first-order valence-electron chi connectivity index (χ1n) is 10.1. The molecule has 0 radical (unpaired) electrons. The topological polar surface area (TPSA) is 66.4 Å². The van der Waals surface area contributed by atoms with Crippen molar-refractivity contribution in [2.45, 2.75) is 13.8 Å². The molecule has 0 saturated heterocycles. The zero-order chi connectivity index (χ0) is 23.4. The van der Waals surface area contributed by atoms with E-state index in [1.54, 1.807) is 18.2 Å². The van der Waals surface area contributed by atoms with Crippen molar-refractivity contribution in [2.24, 2.45) is 5.10 Å². The summed E-state index contributed by atoms with van der Waals surface area (Å²) in [4.78, 5) is 17.4. The molecule has 0 aliphatic rings. The molecular formula is C25H20ClFN4OS. The fraction of sp³-hybridized carbons (Fsp3) is 0.0800. The van der Waals surface area contributed by atoms with Crippen LogP contribution < -0.4 is 10.7 Å². The Bertz CT molecular complexity index is 1300. The first-order chi connectivity index (χ1) is 15.9. The van der Waals surface area contributed by atoms with Crippen molar-refractivity contribution < 1.29 is 9.18 Å². The van der Waals surface area contributed by atoms with Gasteiger partial charge in [0.25, 0.3) is 5.91 Å². The number of halogens is 2. The summed E-state index contributed by atoms with van der Waals surface area (Å²) in [5.74, 6) is -0.709. The Morgan fingerprint density at radius 3 is 2.36 bits per heavy atom. The van der Waals surface area contributed by atoms with Gasteiger partial charge in [-0.25, -0.2) is 9.37 Å². The molecule has 1 aromatic heterocycles. The number of aromatic nitrogens is 1. The predicted molar refractivity (Wildman–Crippen MR) is 134 cm³/mol. The molecule has 8 heteroatoms. The average molecular weight is 479 g/mol. The van der Waals surface area contributed by atoms with Crippen LogP contribution in [0, 0.1) is 19.7 Å². The third-order valence-electron chi connectivity index (χ3n) is 4.85. The van der Waals surface area contributed by atoms with E-state index in [9.17, 15) is 9.18 Å². The van der Waals surface area contributed by atoms with E-state index in [2.05, 4.69) is 20.8 Å². The molecule has 166 valence electrons. The molecule has 0 spiro atoms. The minimum Gasteiger partial charge on any atom is -0.312 e.